The van der Waals surface area contributed by atoms with E-state index < -0.39 is 0 Å². The minimum Gasteiger partial charge on any atom is -0.386 e. The van der Waals surface area contributed by atoms with E-state index in [1.165, 1.54) is 0 Å². The number of halogens is 1. The van der Waals surface area contributed by atoms with Crippen LogP contribution in [-0.4, -0.2) is 18.0 Å². The van der Waals surface area contributed by atoms with E-state index in [2.05, 4.69) is 4.99 Å². The van der Waals surface area contributed by atoms with Crippen LogP contribution in [-0.2, 0) is 0 Å². The summed E-state index contributed by atoms with van der Waals surface area (Å²) in [6.07, 6.45) is 0.757. The summed E-state index contributed by atoms with van der Waals surface area (Å²) in [6, 6.07) is 5.37. The average molecular weight is 211 g/mol. The van der Waals surface area contributed by atoms with Crippen molar-refractivity contribution in [2.24, 2.45) is 10.7 Å². The number of hydrogen-bond acceptors (Lipinski definition) is 2. The van der Waals surface area contributed by atoms with Crippen LogP contribution in [0.15, 0.2) is 23.2 Å². The number of amidine groups is 1. The molecule has 1 aromatic rings. The summed E-state index contributed by atoms with van der Waals surface area (Å²) in [6.45, 7) is 1.91. The third-order valence-corrected chi connectivity index (χ3v) is 1.98. The molecule has 0 atom stereocenters. The second-order valence-corrected chi connectivity index (χ2v) is 3.18. The smallest absolute Gasteiger partial charge is 0.152 e. The number of aryl methyl sites for hydroxylation is 1. The van der Waals surface area contributed by atoms with Gasteiger partial charge >= 0.3 is 0 Å². The lowest BCUT2D eigenvalue weighted by atomic mass is 10.1. The number of aldehydes is 1. The predicted molar refractivity (Wildman–Crippen MR) is 58.6 cm³/mol. The summed E-state index contributed by atoms with van der Waals surface area (Å²) in [5.41, 5.74) is 7.56. The highest BCUT2D eigenvalue weighted by Gasteiger charge is 2.00. The Kier molecular flexibility index (Phi) is 3.65. The highest BCUT2D eigenvalue weighted by Crippen LogP contribution is 2.18. The van der Waals surface area contributed by atoms with Crippen LogP contribution in [0.4, 0.5) is 5.69 Å². The average Bonchev–Trinajstić information content (AvgIpc) is 2.20. The lowest BCUT2D eigenvalue weighted by Gasteiger charge is -2.01. The number of carbonyl (C=O) groups excluding carboxylic acids is 1. The van der Waals surface area contributed by atoms with E-state index >= 15 is 0 Å². The maximum absolute atomic E-state index is 10.7. The molecule has 0 radical (unpaired) electrons. The van der Waals surface area contributed by atoms with E-state index in [9.17, 15) is 4.79 Å². The number of nitrogens with two attached hydrogens (primary N) is 1. The van der Waals surface area contributed by atoms with Gasteiger partial charge < -0.3 is 5.73 Å². The lowest BCUT2D eigenvalue weighted by molar-refractivity contribution is 0.112. The molecule has 3 nitrogen and oxygen atoms in total. The molecule has 0 aliphatic carbocycles. The Labute approximate surface area is 87.6 Å². The van der Waals surface area contributed by atoms with Crippen molar-refractivity contribution in [3.63, 3.8) is 0 Å². The molecule has 0 bridgehead atoms. The van der Waals surface area contributed by atoms with Crippen LogP contribution in [0, 0.1) is 6.92 Å². The number of benzene rings is 1. The SMILES string of the molecule is Cc1ccc(N=C(N)CCl)c(C=O)c1. The second kappa shape index (κ2) is 4.77. The predicted octanol–water partition coefficient (Wildman–Crippen LogP) is 2.04. The number of nitrogens with zero attached hydrogens (tertiary/aromatic N) is 1. The molecule has 0 unspecified atom stereocenters. The Morgan fingerprint density at radius 2 is 2.36 bits per heavy atom. The summed E-state index contributed by atoms with van der Waals surface area (Å²) in [5.74, 6) is 0.463. The van der Waals surface area contributed by atoms with E-state index in [0.717, 1.165) is 11.8 Å². The first kappa shape index (κ1) is 10.7. The van der Waals surface area contributed by atoms with Crippen LogP contribution in [0.5, 0.6) is 0 Å². The molecule has 0 saturated carbocycles. The van der Waals surface area contributed by atoms with Gasteiger partial charge in [0.2, 0.25) is 0 Å². The lowest BCUT2D eigenvalue weighted by Crippen LogP contribution is -2.12. The highest BCUT2D eigenvalue weighted by molar-refractivity contribution is 6.28. The molecule has 0 fully saturated rings. The van der Waals surface area contributed by atoms with Gasteiger partial charge in [0.25, 0.3) is 0 Å². The van der Waals surface area contributed by atoms with E-state index in [1.54, 1.807) is 12.1 Å². The van der Waals surface area contributed by atoms with Crippen molar-refractivity contribution in [1.29, 1.82) is 0 Å². The fraction of sp³-hybridized carbons (Fsp3) is 0.200. The largest absolute Gasteiger partial charge is 0.386 e. The molecule has 0 aliphatic rings. The van der Waals surface area contributed by atoms with Crippen molar-refractivity contribution in [2.75, 3.05) is 5.88 Å². The van der Waals surface area contributed by atoms with Gasteiger partial charge in [-0.3, -0.25) is 4.79 Å². The number of hydrogen-bond donors (Lipinski definition) is 1. The van der Waals surface area contributed by atoms with Gasteiger partial charge in [-0.25, -0.2) is 4.99 Å². The van der Waals surface area contributed by atoms with Crippen molar-refractivity contribution in [3.05, 3.63) is 29.3 Å². The zero-order valence-electron chi connectivity index (χ0n) is 7.83. The van der Waals surface area contributed by atoms with Gasteiger partial charge in [-0.05, 0) is 19.1 Å². The minimum absolute atomic E-state index is 0.159. The molecular formula is C10H11ClN2O. The molecular weight excluding hydrogens is 200 g/mol. The van der Waals surface area contributed by atoms with Crippen LogP contribution in [0.25, 0.3) is 0 Å². The minimum atomic E-state index is 0.159. The van der Waals surface area contributed by atoms with E-state index in [1.807, 2.05) is 13.0 Å². The molecule has 0 aliphatic heterocycles. The normalized spacial score (nSPS) is 11.4. The third kappa shape index (κ3) is 2.57. The maximum Gasteiger partial charge on any atom is 0.152 e. The summed E-state index contributed by atoms with van der Waals surface area (Å²) in [4.78, 5) is 14.7. The van der Waals surface area contributed by atoms with Crippen molar-refractivity contribution in [3.8, 4) is 0 Å². The number of rotatable bonds is 3. The first-order chi connectivity index (χ1) is 6.67. The van der Waals surface area contributed by atoms with Crippen molar-refractivity contribution < 1.29 is 4.79 Å². The monoisotopic (exact) mass is 210 g/mol. The molecule has 0 aromatic heterocycles. The van der Waals surface area contributed by atoms with Crippen LogP contribution in [0.3, 0.4) is 0 Å². The van der Waals surface area contributed by atoms with Gasteiger partial charge in [0.1, 0.15) is 5.84 Å². The Bertz CT molecular complexity index is 374. The first-order valence-electron chi connectivity index (χ1n) is 4.12. The van der Waals surface area contributed by atoms with Gasteiger partial charge in [-0.1, -0.05) is 11.6 Å². The second-order valence-electron chi connectivity index (χ2n) is 2.92. The third-order valence-electron chi connectivity index (χ3n) is 1.71. The first-order valence-corrected chi connectivity index (χ1v) is 4.65. The van der Waals surface area contributed by atoms with Gasteiger partial charge in [0.05, 0.1) is 11.6 Å². The standard InChI is InChI=1S/C10H11ClN2O/c1-7-2-3-9(8(4-7)6-14)13-10(12)5-11/h2-4,6H,5H2,1H3,(H2,12,13). The topological polar surface area (TPSA) is 55.4 Å². The zero-order chi connectivity index (χ0) is 10.6. The van der Waals surface area contributed by atoms with E-state index in [4.69, 9.17) is 17.3 Å². The van der Waals surface area contributed by atoms with E-state index in [-0.39, 0.29) is 5.88 Å². The Balaban J connectivity index is 3.14. The van der Waals surface area contributed by atoms with Crippen molar-refractivity contribution in [2.45, 2.75) is 6.92 Å². The van der Waals surface area contributed by atoms with Gasteiger partial charge in [0, 0.05) is 5.56 Å². The van der Waals surface area contributed by atoms with E-state index in [0.29, 0.717) is 17.1 Å². The fourth-order valence-electron chi connectivity index (χ4n) is 1.05. The maximum atomic E-state index is 10.7. The van der Waals surface area contributed by atoms with Crippen LogP contribution in [0.2, 0.25) is 0 Å². The number of aliphatic imine (C=N–C) groups is 1. The molecule has 1 aromatic carbocycles. The van der Waals surface area contributed by atoms with Crippen LogP contribution < -0.4 is 5.73 Å². The fourth-order valence-corrected chi connectivity index (χ4v) is 1.11. The molecule has 74 valence electrons. The molecule has 0 spiro atoms. The van der Waals surface area contributed by atoms with Crippen molar-refractivity contribution >= 4 is 29.4 Å². The number of alkyl halides is 1. The zero-order valence-corrected chi connectivity index (χ0v) is 8.58. The summed E-state index contributed by atoms with van der Waals surface area (Å²) in [7, 11) is 0. The molecule has 14 heavy (non-hydrogen) atoms. The molecule has 0 saturated heterocycles. The Hall–Kier alpha value is -1.35. The quantitative estimate of drug-likeness (QED) is 0.359. The summed E-state index contributed by atoms with van der Waals surface area (Å²) in [5, 5.41) is 0. The molecule has 2 N–H and O–H groups in total. The van der Waals surface area contributed by atoms with Gasteiger partial charge in [-0.2, -0.15) is 0 Å². The Morgan fingerprint density at radius 1 is 1.64 bits per heavy atom. The molecule has 0 amide bonds. The summed E-state index contributed by atoms with van der Waals surface area (Å²) < 4.78 is 0. The molecule has 4 heteroatoms. The number of carbonyl (C=O) groups is 1. The molecule has 0 heterocycles. The van der Waals surface area contributed by atoms with Gasteiger partial charge in [0.15, 0.2) is 6.29 Å². The van der Waals surface area contributed by atoms with Gasteiger partial charge in [-0.15, -0.1) is 11.6 Å². The van der Waals surface area contributed by atoms with Crippen molar-refractivity contribution in [1.82, 2.24) is 0 Å². The highest BCUT2D eigenvalue weighted by atomic mass is 35.5. The Morgan fingerprint density at radius 3 is 2.93 bits per heavy atom. The van der Waals surface area contributed by atoms with Crippen LogP contribution >= 0.6 is 11.6 Å². The van der Waals surface area contributed by atoms with Crippen LogP contribution in [0.1, 0.15) is 15.9 Å². The summed E-state index contributed by atoms with van der Waals surface area (Å²) >= 11 is 5.48. The molecule has 1 rings (SSSR count).